The second-order valence-corrected chi connectivity index (χ2v) is 5.80. The van der Waals surface area contributed by atoms with Gasteiger partial charge in [-0.3, -0.25) is 0 Å². The van der Waals surface area contributed by atoms with Gasteiger partial charge in [-0.15, -0.1) is 0 Å². The standard InChI is InChI=1S/C18H20ClNO/c1-2-20-18-10-7-13-11-15(8-9-16(13)18)21-12-14-5-3-4-6-17(14)19/h3-6,8-9,11,18,20H,2,7,10,12H2,1H3. The first-order chi connectivity index (χ1) is 10.3. The summed E-state index contributed by atoms with van der Waals surface area (Å²) in [4.78, 5) is 0. The molecule has 3 rings (SSSR count). The lowest BCUT2D eigenvalue weighted by Crippen LogP contribution is -2.18. The molecule has 2 nitrogen and oxygen atoms in total. The molecule has 0 bridgehead atoms. The van der Waals surface area contributed by atoms with Crippen LogP contribution >= 0.6 is 11.6 Å². The molecule has 21 heavy (non-hydrogen) atoms. The van der Waals surface area contributed by atoms with Gasteiger partial charge in [0, 0.05) is 16.6 Å². The van der Waals surface area contributed by atoms with Crippen LogP contribution in [0.4, 0.5) is 0 Å². The van der Waals surface area contributed by atoms with Gasteiger partial charge in [0.05, 0.1) is 0 Å². The Morgan fingerprint density at radius 3 is 2.90 bits per heavy atom. The van der Waals surface area contributed by atoms with Crippen LogP contribution in [0.1, 0.15) is 36.1 Å². The summed E-state index contributed by atoms with van der Waals surface area (Å²) >= 11 is 6.15. The third kappa shape index (κ3) is 3.22. The van der Waals surface area contributed by atoms with E-state index in [1.807, 2.05) is 24.3 Å². The van der Waals surface area contributed by atoms with Crippen molar-refractivity contribution >= 4 is 11.6 Å². The Labute approximate surface area is 131 Å². The van der Waals surface area contributed by atoms with E-state index in [4.69, 9.17) is 16.3 Å². The molecule has 0 heterocycles. The summed E-state index contributed by atoms with van der Waals surface area (Å²) in [5, 5.41) is 4.28. The highest BCUT2D eigenvalue weighted by Crippen LogP contribution is 2.33. The van der Waals surface area contributed by atoms with E-state index in [1.54, 1.807) is 0 Å². The molecule has 3 heteroatoms. The van der Waals surface area contributed by atoms with E-state index >= 15 is 0 Å². The van der Waals surface area contributed by atoms with Crippen molar-refractivity contribution in [2.75, 3.05) is 6.54 Å². The van der Waals surface area contributed by atoms with Crippen LogP contribution in [0.25, 0.3) is 0 Å². The first-order valence-corrected chi connectivity index (χ1v) is 7.88. The summed E-state index contributed by atoms with van der Waals surface area (Å²) in [6.07, 6.45) is 2.30. The number of ether oxygens (including phenoxy) is 1. The highest BCUT2D eigenvalue weighted by molar-refractivity contribution is 6.31. The summed E-state index contributed by atoms with van der Waals surface area (Å²) in [6.45, 7) is 3.67. The molecule has 110 valence electrons. The molecule has 0 aliphatic heterocycles. The number of halogens is 1. The van der Waals surface area contributed by atoms with Crippen molar-refractivity contribution in [2.24, 2.45) is 0 Å². The largest absolute Gasteiger partial charge is 0.489 e. The van der Waals surface area contributed by atoms with Gasteiger partial charge in [0.25, 0.3) is 0 Å². The minimum absolute atomic E-state index is 0.502. The Kier molecular flexibility index (Phi) is 4.47. The molecule has 0 fully saturated rings. The van der Waals surface area contributed by atoms with E-state index in [0.29, 0.717) is 12.6 Å². The fourth-order valence-electron chi connectivity index (χ4n) is 2.92. The molecule has 0 saturated heterocycles. The van der Waals surface area contributed by atoms with Crippen molar-refractivity contribution in [1.29, 1.82) is 0 Å². The molecular weight excluding hydrogens is 282 g/mol. The predicted octanol–water partition coefficient (Wildman–Crippen LogP) is 4.52. The number of fused-ring (bicyclic) bond motifs is 1. The molecule has 0 aromatic heterocycles. The van der Waals surface area contributed by atoms with Crippen molar-refractivity contribution < 1.29 is 4.74 Å². The van der Waals surface area contributed by atoms with E-state index in [-0.39, 0.29) is 0 Å². The average molecular weight is 302 g/mol. The zero-order chi connectivity index (χ0) is 14.7. The van der Waals surface area contributed by atoms with Crippen LogP contribution in [0.2, 0.25) is 5.02 Å². The van der Waals surface area contributed by atoms with Crippen molar-refractivity contribution in [2.45, 2.75) is 32.4 Å². The maximum atomic E-state index is 6.15. The van der Waals surface area contributed by atoms with Gasteiger partial charge >= 0.3 is 0 Å². The molecule has 0 saturated carbocycles. The molecule has 1 aliphatic carbocycles. The summed E-state index contributed by atoms with van der Waals surface area (Å²) in [5.41, 5.74) is 3.84. The first-order valence-electron chi connectivity index (χ1n) is 7.50. The maximum Gasteiger partial charge on any atom is 0.120 e. The van der Waals surface area contributed by atoms with Crippen LogP contribution in [0.5, 0.6) is 5.75 Å². The van der Waals surface area contributed by atoms with E-state index in [0.717, 1.165) is 29.3 Å². The van der Waals surface area contributed by atoms with Gasteiger partial charge in [-0.25, -0.2) is 0 Å². The van der Waals surface area contributed by atoms with Crippen LogP contribution in [-0.4, -0.2) is 6.54 Å². The molecule has 1 N–H and O–H groups in total. The Morgan fingerprint density at radius 1 is 1.24 bits per heavy atom. The van der Waals surface area contributed by atoms with Gasteiger partial charge in [0.2, 0.25) is 0 Å². The van der Waals surface area contributed by atoms with E-state index in [1.165, 1.54) is 17.5 Å². The molecule has 1 unspecified atom stereocenters. The number of rotatable bonds is 5. The molecule has 1 atom stereocenters. The second-order valence-electron chi connectivity index (χ2n) is 5.39. The SMILES string of the molecule is CCNC1CCc2cc(OCc3ccccc3Cl)ccc21. The predicted molar refractivity (Wildman–Crippen MR) is 87.0 cm³/mol. The number of hydrogen-bond donors (Lipinski definition) is 1. The molecule has 2 aromatic carbocycles. The minimum Gasteiger partial charge on any atom is -0.489 e. The zero-order valence-electron chi connectivity index (χ0n) is 12.2. The number of hydrogen-bond acceptors (Lipinski definition) is 2. The molecule has 0 radical (unpaired) electrons. The highest BCUT2D eigenvalue weighted by Gasteiger charge is 2.21. The van der Waals surface area contributed by atoms with Crippen LogP contribution in [0.3, 0.4) is 0 Å². The van der Waals surface area contributed by atoms with Crippen molar-refractivity contribution in [1.82, 2.24) is 5.32 Å². The zero-order valence-corrected chi connectivity index (χ0v) is 13.0. The van der Waals surface area contributed by atoms with E-state index in [2.05, 4.69) is 30.4 Å². The van der Waals surface area contributed by atoms with Crippen molar-refractivity contribution in [3.05, 3.63) is 64.2 Å². The second kappa shape index (κ2) is 6.50. The summed E-state index contributed by atoms with van der Waals surface area (Å²) < 4.78 is 5.89. The van der Waals surface area contributed by atoms with Crippen LogP contribution < -0.4 is 10.1 Å². The Balaban J connectivity index is 1.69. The quantitative estimate of drug-likeness (QED) is 0.877. The lowest BCUT2D eigenvalue weighted by Gasteiger charge is -2.13. The highest BCUT2D eigenvalue weighted by atomic mass is 35.5. The fraction of sp³-hybridized carbons (Fsp3) is 0.333. The Bertz CT molecular complexity index is 626. The first kappa shape index (κ1) is 14.4. The number of benzene rings is 2. The van der Waals surface area contributed by atoms with Gasteiger partial charge in [-0.05, 0) is 48.7 Å². The third-order valence-corrected chi connectivity index (χ3v) is 4.36. The minimum atomic E-state index is 0.502. The lowest BCUT2D eigenvalue weighted by atomic mass is 10.1. The van der Waals surface area contributed by atoms with Gasteiger partial charge in [0.15, 0.2) is 0 Å². The summed E-state index contributed by atoms with van der Waals surface area (Å²) in [5.74, 6) is 0.922. The van der Waals surface area contributed by atoms with E-state index in [9.17, 15) is 0 Å². The fourth-order valence-corrected chi connectivity index (χ4v) is 3.11. The van der Waals surface area contributed by atoms with E-state index < -0.39 is 0 Å². The number of nitrogens with one attached hydrogen (secondary N) is 1. The molecule has 0 amide bonds. The summed E-state index contributed by atoms with van der Waals surface area (Å²) in [7, 11) is 0. The van der Waals surface area contributed by atoms with Gasteiger partial charge < -0.3 is 10.1 Å². The maximum absolute atomic E-state index is 6.15. The average Bonchev–Trinajstić information content (AvgIpc) is 2.89. The van der Waals surface area contributed by atoms with Crippen LogP contribution in [-0.2, 0) is 13.0 Å². The topological polar surface area (TPSA) is 21.3 Å². The molecular formula is C18H20ClNO. The van der Waals surface area contributed by atoms with Crippen molar-refractivity contribution in [3.8, 4) is 5.75 Å². The molecule has 1 aliphatic rings. The third-order valence-electron chi connectivity index (χ3n) is 3.99. The van der Waals surface area contributed by atoms with Gasteiger partial charge in [-0.1, -0.05) is 42.8 Å². The smallest absolute Gasteiger partial charge is 0.120 e. The van der Waals surface area contributed by atoms with Gasteiger partial charge in [-0.2, -0.15) is 0 Å². The molecule has 0 spiro atoms. The lowest BCUT2D eigenvalue weighted by molar-refractivity contribution is 0.306. The molecule has 2 aromatic rings. The normalized spacial score (nSPS) is 16.8. The van der Waals surface area contributed by atoms with Gasteiger partial charge in [0.1, 0.15) is 12.4 Å². The Morgan fingerprint density at radius 2 is 2.10 bits per heavy atom. The summed E-state index contributed by atoms with van der Waals surface area (Å²) in [6, 6.07) is 14.7. The van der Waals surface area contributed by atoms with Crippen LogP contribution in [0.15, 0.2) is 42.5 Å². The van der Waals surface area contributed by atoms with Crippen molar-refractivity contribution in [3.63, 3.8) is 0 Å². The van der Waals surface area contributed by atoms with Crippen LogP contribution in [0, 0.1) is 0 Å². The Hall–Kier alpha value is -1.51. The monoisotopic (exact) mass is 301 g/mol. The number of aryl methyl sites for hydroxylation is 1.